The first kappa shape index (κ1) is 15.7. The van der Waals surface area contributed by atoms with Gasteiger partial charge in [0.1, 0.15) is 5.75 Å². The predicted octanol–water partition coefficient (Wildman–Crippen LogP) is -1.04. The van der Waals surface area contributed by atoms with Gasteiger partial charge in [-0.2, -0.15) is 0 Å². The molecule has 1 heterocycles. The van der Waals surface area contributed by atoms with Crippen molar-refractivity contribution in [3.05, 3.63) is 23.3 Å². The smallest absolute Gasteiger partial charge is 0.482 e. The zero-order chi connectivity index (χ0) is 14.4. The Morgan fingerprint density at radius 3 is 2.79 bits per heavy atom. The van der Waals surface area contributed by atoms with Crippen molar-refractivity contribution in [2.75, 3.05) is 6.61 Å². The van der Waals surface area contributed by atoms with E-state index in [1.165, 1.54) is 0 Å². The van der Waals surface area contributed by atoms with Crippen molar-refractivity contribution in [3.8, 4) is 5.75 Å². The number of carboxylic acids is 1. The van der Waals surface area contributed by atoms with E-state index in [0.717, 1.165) is 11.1 Å². The lowest BCUT2D eigenvalue weighted by molar-refractivity contribution is -0.139. The minimum Gasteiger partial charge on any atom is -0.482 e. The maximum atomic E-state index is 10.4. The van der Waals surface area contributed by atoms with Crippen molar-refractivity contribution in [2.45, 2.75) is 13.2 Å². The van der Waals surface area contributed by atoms with Crippen LogP contribution in [-0.2, 0) is 22.6 Å². The average molecular weight is 289 g/mol. The average Bonchev–Trinajstić information content (AvgIpc) is 2.80. The van der Waals surface area contributed by atoms with E-state index in [4.69, 9.17) is 24.9 Å². The normalized spacial score (nSPS) is 12.5. The van der Waals surface area contributed by atoms with Crippen LogP contribution in [0.25, 0.3) is 0 Å². The topological polar surface area (TPSA) is 122 Å². The van der Waals surface area contributed by atoms with Gasteiger partial charge in [0.25, 0.3) is 0 Å². The largest absolute Gasteiger partial charge is 0.491 e. The zero-order valence-corrected chi connectivity index (χ0v) is 10.6. The molecular formula is C10H13BClNO6. The Kier molecular flexibility index (Phi) is 6.06. The van der Waals surface area contributed by atoms with Gasteiger partial charge in [-0.05, 0) is 28.7 Å². The Balaban J connectivity index is 0.000000861. The summed E-state index contributed by atoms with van der Waals surface area (Å²) < 4.78 is 16.6. The number of fused-ring (bicyclic) bond motifs is 1. The van der Waals surface area contributed by atoms with Gasteiger partial charge in [-0.15, -0.1) is 0 Å². The Bertz CT molecular complexity index is 458. The van der Waals surface area contributed by atoms with E-state index in [1.807, 2.05) is 0 Å². The number of halogens is 1. The molecule has 0 fully saturated rings. The molecular weight excluding hydrogens is 276 g/mol. The van der Waals surface area contributed by atoms with Gasteiger partial charge >= 0.3 is 13.1 Å². The summed E-state index contributed by atoms with van der Waals surface area (Å²) in [5.41, 5.74) is 7.82. The number of ether oxygens (including phenoxy) is 1. The molecule has 1 aliphatic rings. The van der Waals surface area contributed by atoms with Crippen LogP contribution < -0.4 is 15.9 Å². The summed E-state index contributed by atoms with van der Waals surface area (Å²) in [7, 11) is -0.997. The van der Waals surface area contributed by atoms with Gasteiger partial charge in [0.05, 0.1) is 18.5 Å². The summed E-state index contributed by atoms with van der Waals surface area (Å²) in [6.45, 7) is 0.157. The second-order valence-corrected chi connectivity index (χ2v) is 3.70. The minimum atomic E-state index is -1.06. The maximum Gasteiger partial charge on any atom is 0.491 e. The molecule has 1 aromatic rings. The molecule has 2 rings (SSSR count). The molecule has 5 N–H and O–H groups in total. The third-order valence-corrected chi connectivity index (χ3v) is 2.58. The van der Waals surface area contributed by atoms with Crippen molar-refractivity contribution < 1.29 is 29.0 Å². The van der Waals surface area contributed by atoms with Crippen LogP contribution in [0.1, 0.15) is 11.1 Å². The third kappa shape index (κ3) is 3.82. The van der Waals surface area contributed by atoms with E-state index in [9.17, 15) is 9.82 Å². The molecule has 0 radical (unpaired) electrons. The molecule has 0 saturated heterocycles. The van der Waals surface area contributed by atoms with Gasteiger partial charge in [-0.1, -0.05) is 0 Å². The monoisotopic (exact) mass is 289 g/mol. The Labute approximate surface area is 114 Å². The highest BCUT2D eigenvalue weighted by Crippen LogP contribution is 2.21. The molecule has 1 aliphatic heterocycles. The molecule has 0 aromatic heterocycles. The first-order valence-electron chi connectivity index (χ1n) is 5.28. The second-order valence-electron chi connectivity index (χ2n) is 3.70. The summed E-state index contributed by atoms with van der Waals surface area (Å²) >= 11 is 3.64. The van der Waals surface area contributed by atoms with Gasteiger partial charge in [0, 0.05) is 6.54 Å². The molecule has 19 heavy (non-hydrogen) atoms. The van der Waals surface area contributed by atoms with Crippen LogP contribution in [0.2, 0.25) is 0 Å². The van der Waals surface area contributed by atoms with Crippen LogP contribution in [-0.4, -0.2) is 34.5 Å². The van der Waals surface area contributed by atoms with E-state index in [-0.39, 0.29) is 6.54 Å². The van der Waals surface area contributed by atoms with E-state index in [1.54, 1.807) is 12.1 Å². The lowest BCUT2D eigenvalue weighted by Gasteiger charge is -2.10. The summed E-state index contributed by atoms with van der Waals surface area (Å²) in [5, 5.41) is 18.1. The third-order valence-electron chi connectivity index (χ3n) is 2.58. The van der Waals surface area contributed by atoms with Crippen LogP contribution >= 0.6 is 11.9 Å². The SMILES string of the molecule is NCc1cc(OCC(=O)O)cc2c1COB2O.OCl. The maximum absolute atomic E-state index is 10.4. The molecule has 0 spiro atoms. The molecule has 0 amide bonds. The van der Waals surface area contributed by atoms with E-state index < -0.39 is 19.7 Å². The number of carbonyl (C=O) groups is 1. The molecule has 0 saturated carbocycles. The number of aliphatic carboxylic acids is 1. The van der Waals surface area contributed by atoms with Crippen LogP contribution in [0.3, 0.4) is 0 Å². The lowest BCUT2D eigenvalue weighted by atomic mass is 9.78. The molecule has 9 heteroatoms. The van der Waals surface area contributed by atoms with E-state index >= 15 is 0 Å². The van der Waals surface area contributed by atoms with Gasteiger partial charge in [0.15, 0.2) is 6.61 Å². The highest BCUT2D eigenvalue weighted by molar-refractivity contribution is 6.61. The molecule has 104 valence electrons. The van der Waals surface area contributed by atoms with Crippen LogP contribution in [0.5, 0.6) is 5.75 Å². The van der Waals surface area contributed by atoms with Crippen molar-refractivity contribution in [1.29, 1.82) is 0 Å². The lowest BCUT2D eigenvalue weighted by Crippen LogP contribution is -2.29. The fourth-order valence-corrected chi connectivity index (χ4v) is 1.79. The molecule has 1 aromatic carbocycles. The first-order valence-corrected chi connectivity index (χ1v) is 5.62. The fraction of sp³-hybridized carbons (Fsp3) is 0.300. The number of hydrogen-bond donors (Lipinski definition) is 4. The molecule has 7 nitrogen and oxygen atoms in total. The first-order chi connectivity index (χ1) is 9.11. The van der Waals surface area contributed by atoms with Crippen molar-refractivity contribution in [2.24, 2.45) is 5.73 Å². The fourth-order valence-electron chi connectivity index (χ4n) is 1.79. The van der Waals surface area contributed by atoms with E-state index in [2.05, 4.69) is 11.9 Å². The standard InChI is InChI=1S/C10H12BNO5.ClHO/c12-3-6-1-7(16-5-10(13)14)2-9-8(6)4-17-11(9)15;1-2/h1-2,15H,3-5,12H2,(H,13,14);2H. The number of benzene rings is 1. The minimum absolute atomic E-state index is 0.280. The predicted molar refractivity (Wildman–Crippen MR) is 67.9 cm³/mol. The Morgan fingerprint density at radius 1 is 1.53 bits per heavy atom. The number of carboxylic acid groups (broad SMARTS) is 1. The second kappa shape index (κ2) is 7.32. The molecule has 0 aliphatic carbocycles. The summed E-state index contributed by atoms with van der Waals surface area (Å²) in [6, 6.07) is 3.25. The van der Waals surface area contributed by atoms with Crippen LogP contribution in [0.15, 0.2) is 12.1 Å². The highest BCUT2D eigenvalue weighted by atomic mass is 35.5. The van der Waals surface area contributed by atoms with Crippen LogP contribution in [0, 0.1) is 0 Å². The molecule has 0 atom stereocenters. The van der Waals surface area contributed by atoms with Gasteiger partial charge in [-0.3, -0.25) is 4.66 Å². The number of nitrogens with two attached hydrogens (primary N) is 1. The molecule has 0 unspecified atom stereocenters. The van der Waals surface area contributed by atoms with Gasteiger partial charge in [-0.25, -0.2) is 4.79 Å². The summed E-state index contributed by atoms with van der Waals surface area (Å²) in [4.78, 5) is 10.4. The van der Waals surface area contributed by atoms with Gasteiger partial charge < -0.3 is 25.3 Å². The van der Waals surface area contributed by atoms with E-state index in [0.29, 0.717) is 17.8 Å². The van der Waals surface area contributed by atoms with Crippen LogP contribution in [0.4, 0.5) is 0 Å². The highest BCUT2D eigenvalue weighted by Gasteiger charge is 2.29. The van der Waals surface area contributed by atoms with Crippen molar-refractivity contribution in [1.82, 2.24) is 0 Å². The quantitative estimate of drug-likeness (QED) is 0.522. The summed E-state index contributed by atoms with van der Waals surface area (Å²) in [5.74, 6) is -0.687. The number of rotatable bonds is 4. The Hall–Kier alpha value is -1.32. The summed E-state index contributed by atoms with van der Waals surface area (Å²) in [6.07, 6.45) is 0. The number of hydrogen-bond acceptors (Lipinski definition) is 6. The zero-order valence-electron chi connectivity index (χ0n) is 9.88. The molecule has 0 bridgehead atoms. The van der Waals surface area contributed by atoms with Crippen molar-refractivity contribution in [3.63, 3.8) is 0 Å². The Morgan fingerprint density at radius 2 is 2.21 bits per heavy atom. The van der Waals surface area contributed by atoms with Crippen molar-refractivity contribution >= 4 is 30.4 Å². The van der Waals surface area contributed by atoms with Gasteiger partial charge in [0.2, 0.25) is 0 Å².